The molecule has 5 nitrogen and oxygen atoms in total. The Balaban J connectivity index is 2.04. The molecule has 0 radical (unpaired) electrons. The number of nitrogens with zero attached hydrogens (tertiary/aromatic N) is 1. The van der Waals surface area contributed by atoms with E-state index in [2.05, 4.69) is 5.32 Å². The van der Waals surface area contributed by atoms with E-state index in [-0.39, 0.29) is 17.8 Å². The summed E-state index contributed by atoms with van der Waals surface area (Å²) in [5.41, 5.74) is 0. The molecular weight excluding hydrogens is 228 g/mol. The fourth-order valence-corrected chi connectivity index (χ4v) is 4.47. The Morgan fingerprint density at radius 1 is 1.38 bits per heavy atom. The number of rotatable bonds is 3. The minimum absolute atomic E-state index is 0.0922. The van der Waals surface area contributed by atoms with Gasteiger partial charge in [0, 0.05) is 26.2 Å². The highest BCUT2D eigenvalue weighted by Crippen LogP contribution is 2.23. The third-order valence-electron chi connectivity index (χ3n) is 3.54. The minimum atomic E-state index is -3.15. The Hall–Kier alpha value is -0.170. The van der Waals surface area contributed by atoms with Crippen LogP contribution in [0.15, 0.2) is 0 Å². The van der Waals surface area contributed by atoms with Crippen molar-refractivity contribution >= 4 is 10.0 Å². The molecule has 2 aliphatic rings. The van der Waals surface area contributed by atoms with Gasteiger partial charge in [-0.05, 0) is 31.7 Å². The van der Waals surface area contributed by atoms with Gasteiger partial charge in [0.25, 0.3) is 0 Å². The zero-order valence-corrected chi connectivity index (χ0v) is 10.2. The second-order valence-electron chi connectivity index (χ2n) is 4.71. The van der Waals surface area contributed by atoms with Crippen LogP contribution in [-0.2, 0) is 10.0 Å². The largest absolute Gasteiger partial charge is 0.396 e. The molecule has 2 rings (SSSR count). The van der Waals surface area contributed by atoms with Crippen molar-refractivity contribution in [2.75, 3.05) is 32.8 Å². The summed E-state index contributed by atoms with van der Waals surface area (Å²) in [5, 5.41) is 11.9. The molecular formula is C10H20N2O3S. The summed E-state index contributed by atoms with van der Waals surface area (Å²) in [6, 6.07) is 0. The number of aliphatic hydroxyl groups is 1. The first-order valence-corrected chi connectivity index (χ1v) is 7.45. The summed E-state index contributed by atoms with van der Waals surface area (Å²) < 4.78 is 26.1. The van der Waals surface area contributed by atoms with Crippen LogP contribution in [0.4, 0.5) is 0 Å². The summed E-state index contributed by atoms with van der Waals surface area (Å²) in [7, 11) is -3.15. The lowest BCUT2D eigenvalue weighted by atomic mass is 10.0. The molecule has 2 aliphatic heterocycles. The average molecular weight is 248 g/mol. The Bertz CT molecular complexity index is 325. The van der Waals surface area contributed by atoms with Crippen LogP contribution in [0.1, 0.15) is 19.3 Å². The molecule has 16 heavy (non-hydrogen) atoms. The molecule has 0 aliphatic carbocycles. The fourth-order valence-electron chi connectivity index (χ4n) is 2.50. The molecule has 94 valence electrons. The number of sulfonamides is 1. The Morgan fingerprint density at radius 2 is 2.19 bits per heavy atom. The molecule has 2 fully saturated rings. The van der Waals surface area contributed by atoms with E-state index in [1.54, 1.807) is 4.31 Å². The predicted molar refractivity (Wildman–Crippen MR) is 61.6 cm³/mol. The maximum absolute atomic E-state index is 12.3. The van der Waals surface area contributed by atoms with Crippen molar-refractivity contribution in [1.29, 1.82) is 0 Å². The zero-order valence-electron chi connectivity index (χ0n) is 9.43. The average Bonchev–Trinajstić information content (AvgIpc) is 2.83. The zero-order chi connectivity index (χ0) is 11.6. The van der Waals surface area contributed by atoms with Crippen molar-refractivity contribution in [2.45, 2.75) is 24.5 Å². The van der Waals surface area contributed by atoms with Gasteiger partial charge in [-0.3, -0.25) is 0 Å². The van der Waals surface area contributed by atoms with Gasteiger partial charge in [-0.2, -0.15) is 0 Å². The van der Waals surface area contributed by atoms with E-state index < -0.39 is 10.0 Å². The van der Waals surface area contributed by atoms with Crippen molar-refractivity contribution in [2.24, 2.45) is 5.92 Å². The van der Waals surface area contributed by atoms with Gasteiger partial charge >= 0.3 is 0 Å². The van der Waals surface area contributed by atoms with Gasteiger partial charge in [-0.15, -0.1) is 0 Å². The van der Waals surface area contributed by atoms with E-state index in [1.807, 2.05) is 0 Å². The summed E-state index contributed by atoms with van der Waals surface area (Å²) in [6.45, 7) is 2.57. The van der Waals surface area contributed by atoms with E-state index >= 15 is 0 Å². The molecule has 0 saturated carbocycles. The van der Waals surface area contributed by atoms with E-state index in [9.17, 15) is 8.42 Å². The van der Waals surface area contributed by atoms with Crippen LogP contribution >= 0.6 is 0 Å². The first-order valence-electron chi connectivity index (χ1n) is 5.95. The van der Waals surface area contributed by atoms with E-state index in [4.69, 9.17) is 5.11 Å². The smallest absolute Gasteiger partial charge is 0.218 e. The lowest BCUT2D eigenvalue weighted by molar-refractivity contribution is 0.165. The van der Waals surface area contributed by atoms with Gasteiger partial charge in [-0.1, -0.05) is 0 Å². The van der Waals surface area contributed by atoms with Crippen LogP contribution < -0.4 is 5.32 Å². The number of nitrogens with one attached hydrogen (secondary N) is 1. The molecule has 2 unspecified atom stereocenters. The number of hydrogen-bond acceptors (Lipinski definition) is 4. The van der Waals surface area contributed by atoms with Crippen molar-refractivity contribution in [1.82, 2.24) is 9.62 Å². The van der Waals surface area contributed by atoms with E-state index in [0.29, 0.717) is 26.1 Å². The maximum Gasteiger partial charge on any atom is 0.218 e. The topological polar surface area (TPSA) is 69.6 Å². The third kappa shape index (κ3) is 2.40. The summed E-state index contributed by atoms with van der Waals surface area (Å²) in [4.78, 5) is 0. The molecule has 0 aromatic rings. The van der Waals surface area contributed by atoms with Gasteiger partial charge < -0.3 is 10.4 Å². The Labute approximate surface area is 96.9 Å². The normalized spacial score (nSPS) is 33.1. The SMILES string of the molecule is O=S(=O)(C1CCNC1)N1CCCC(CO)C1. The molecule has 0 amide bonds. The van der Waals surface area contributed by atoms with Gasteiger partial charge in [0.2, 0.25) is 10.0 Å². The van der Waals surface area contributed by atoms with E-state index in [1.165, 1.54) is 0 Å². The molecule has 2 atom stereocenters. The summed E-state index contributed by atoms with van der Waals surface area (Å²) >= 11 is 0. The number of aliphatic hydroxyl groups excluding tert-OH is 1. The quantitative estimate of drug-likeness (QED) is 0.698. The predicted octanol–water partition coefficient (Wildman–Crippen LogP) is -0.618. The van der Waals surface area contributed by atoms with Crippen LogP contribution in [0, 0.1) is 5.92 Å². The van der Waals surface area contributed by atoms with Gasteiger partial charge in [-0.25, -0.2) is 12.7 Å². The monoisotopic (exact) mass is 248 g/mol. The number of piperidine rings is 1. The molecule has 2 saturated heterocycles. The molecule has 0 aromatic heterocycles. The van der Waals surface area contributed by atoms with Crippen molar-refractivity contribution in [3.05, 3.63) is 0 Å². The van der Waals surface area contributed by atoms with Crippen LogP contribution in [0.25, 0.3) is 0 Å². The third-order valence-corrected chi connectivity index (χ3v) is 5.83. The molecule has 2 N–H and O–H groups in total. The molecule has 6 heteroatoms. The van der Waals surface area contributed by atoms with Crippen LogP contribution in [0.2, 0.25) is 0 Å². The summed E-state index contributed by atoms with van der Waals surface area (Å²) in [5.74, 6) is 0.123. The second-order valence-corrected chi connectivity index (χ2v) is 6.92. The van der Waals surface area contributed by atoms with Gasteiger partial charge in [0.05, 0.1) is 5.25 Å². The summed E-state index contributed by atoms with van der Waals surface area (Å²) in [6.07, 6.45) is 2.51. The molecule has 2 heterocycles. The van der Waals surface area contributed by atoms with Crippen molar-refractivity contribution in [3.63, 3.8) is 0 Å². The van der Waals surface area contributed by atoms with Crippen LogP contribution in [0.5, 0.6) is 0 Å². The first-order chi connectivity index (χ1) is 7.64. The van der Waals surface area contributed by atoms with Gasteiger partial charge in [0.1, 0.15) is 0 Å². The van der Waals surface area contributed by atoms with Crippen molar-refractivity contribution < 1.29 is 13.5 Å². The maximum atomic E-state index is 12.3. The standard InChI is InChI=1S/C10H20N2O3S/c13-8-9-2-1-5-12(7-9)16(14,15)10-3-4-11-6-10/h9-11,13H,1-8H2. The first kappa shape index (κ1) is 12.3. The van der Waals surface area contributed by atoms with Crippen molar-refractivity contribution in [3.8, 4) is 0 Å². The highest BCUT2D eigenvalue weighted by Gasteiger charge is 2.36. The lowest BCUT2D eigenvalue weighted by Gasteiger charge is -2.32. The fraction of sp³-hybridized carbons (Fsp3) is 1.00. The highest BCUT2D eigenvalue weighted by atomic mass is 32.2. The Kier molecular flexibility index (Phi) is 3.84. The second kappa shape index (κ2) is 5.00. The lowest BCUT2D eigenvalue weighted by Crippen LogP contribution is -2.45. The minimum Gasteiger partial charge on any atom is -0.396 e. The van der Waals surface area contributed by atoms with Crippen LogP contribution in [0.3, 0.4) is 0 Å². The molecule has 0 aromatic carbocycles. The van der Waals surface area contributed by atoms with E-state index in [0.717, 1.165) is 19.4 Å². The van der Waals surface area contributed by atoms with Crippen LogP contribution in [-0.4, -0.2) is 55.9 Å². The molecule has 0 spiro atoms. The molecule has 0 bridgehead atoms. The Morgan fingerprint density at radius 3 is 2.81 bits per heavy atom. The number of hydrogen-bond donors (Lipinski definition) is 2. The van der Waals surface area contributed by atoms with Gasteiger partial charge in [0.15, 0.2) is 0 Å². The highest BCUT2D eigenvalue weighted by molar-refractivity contribution is 7.89.